The molecule has 3 fully saturated rings. The van der Waals surface area contributed by atoms with Crippen LogP contribution in [-0.4, -0.2) is 193 Å². The lowest BCUT2D eigenvalue weighted by molar-refractivity contribution is -0.379. The molecule has 0 saturated carbocycles. The Morgan fingerprint density at radius 1 is 0.500 bits per heavy atom. The van der Waals surface area contributed by atoms with Crippen molar-refractivity contribution < 1.29 is 89.4 Å². The molecule has 1 amide bonds. The number of aliphatic hydroxyl groups excluding tert-OH is 11. The lowest BCUT2D eigenvalue weighted by Crippen LogP contribution is -2.66. The van der Waals surface area contributed by atoms with Gasteiger partial charge in [0.05, 0.1) is 38.6 Å². The third kappa shape index (κ3) is 23.3. The van der Waals surface area contributed by atoms with Gasteiger partial charge in [-0.05, 0) is 70.6 Å². The Balaban J connectivity index is 1.57. The molecule has 74 heavy (non-hydrogen) atoms. The minimum atomic E-state index is -1.99. The van der Waals surface area contributed by atoms with Crippen LogP contribution < -0.4 is 5.32 Å². The van der Waals surface area contributed by atoms with Crippen LogP contribution in [0.5, 0.6) is 0 Å². The molecule has 19 nitrogen and oxygen atoms in total. The zero-order valence-electron chi connectivity index (χ0n) is 43.5. The van der Waals surface area contributed by atoms with Gasteiger partial charge in [0.15, 0.2) is 18.9 Å². The molecule has 19 heteroatoms. The lowest BCUT2D eigenvalue weighted by Gasteiger charge is -2.48. The molecule has 3 heterocycles. The number of hydrogen-bond donors (Lipinski definition) is 12. The fourth-order valence-electron chi connectivity index (χ4n) is 8.47. The van der Waals surface area contributed by atoms with Crippen molar-refractivity contribution in [3.63, 3.8) is 0 Å². The van der Waals surface area contributed by atoms with Crippen LogP contribution in [0.15, 0.2) is 85.1 Å². The van der Waals surface area contributed by atoms with Gasteiger partial charge in [0.2, 0.25) is 5.91 Å². The largest absolute Gasteiger partial charge is 0.394 e. The third-order valence-electron chi connectivity index (χ3n) is 12.9. The molecule has 0 aromatic rings. The number of unbranched alkanes of at least 4 members (excludes halogenated alkanes) is 8. The maximum atomic E-state index is 13.2. The summed E-state index contributed by atoms with van der Waals surface area (Å²) in [6.45, 7) is 1.47. The first kappa shape index (κ1) is 65.3. The maximum Gasteiger partial charge on any atom is 0.220 e. The SMILES string of the molecule is CC/C=C\C/C=C\C/C=C\C/C=C\C/C=C\CCCC(=O)NC(COC1OC(CO)C(OC2OC(CO)C(OC3OC(CO)C(O)C(O)C3O)C(O)C2O)C(O)C1O)C(O)/C=C/CC/C=C/CCCCCCCC. The van der Waals surface area contributed by atoms with E-state index < -0.39 is 131 Å². The summed E-state index contributed by atoms with van der Waals surface area (Å²) >= 11 is 0. The van der Waals surface area contributed by atoms with Gasteiger partial charge in [0.1, 0.15) is 73.2 Å². The molecule has 17 unspecified atom stereocenters. The van der Waals surface area contributed by atoms with Crippen LogP contribution in [-0.2, 0) is 33.2 Å². The third-order valence-corrected chi connectivity index (χ3v) is 12.9. The number of carbonyl (C=O) groups excluding carboxylic acids is 1. The number of ether oxygens (including phenoxy) is 6. The summed E-state index contributed by atoms with van der Waals surface area (Å²) in [5.41, 5.74) is 0. The predicted molar refractivity (Wildman–Crippen MR) is 277 cm³/mol. The second-order valence-corrected chi connectivity index (χ2v) is 18.9. The van der Waals surface area contributed by atoms with E-state index in [0.717, 1.165) is 51.4 Å². The summed E-state index contributed by atoms with van der Waals surface area (Å²) in [4.78, 5) is 13.2. The summed E-state index contributed by atoms with van der Waals surface area (Å²) in [6, 6.07) is -1.02. The van der Waals surface area contributed by atoms with Crippen LogP contribution in [0.1, 0.15) is 123 Å². The highest BCUT2D eigenvalue weighted by Gasteiger charge is 2.53. The van der Waals surface area contributed by atoms with Gasteiger partial charge in [0.25, 0.3) is 0 Å². The van der Waals surface area contributed by atoms with Crippen molar-refractivity contribution in [2.24, 2.45) is 0 Å². The van der Waals surface area contributed by atoms with E-state index in [9.17, 15) is 61.0 Å². The smallest absolute Gasteiger partial charge is 0.220 e. The standard InChI is InChI=1S/C55H91NO18/c1-3-5-7-9-11-13-15-17-18-19-20-21-23-25-27-29-31-33-43(61)56-38(39(60)32-30-28-26-24-22-16-14-12-10-8-6-4-2)37-69-53-49(67)46(64)51(41(35-58)71-53)74-55-50(68)47(65)52(42(36-59)72-55)73-54-48(66)45(63)44(62)40(34-57)70-54/h5,7,11,13,17-18,20-22,24-25,27,30,32,38-42,44-55,57-60,62-68H,3-4,6,8-10,12,14-16,19,23,26,28-29,31,33-37H2,1-2H3,(H,56,61)/b7-5-,13-11-,18-17-,21-20-,24-22+,27-25-,32-30+. The van der Waals surface area contributed by atoms with Gasteiger partial charge < -0.3 is 89.9 Å². The van der Waals surface area contributed by atoms with E-state index in [-0.39, 0.29) is 12.3 Å². The van der Waals surface area contributed by atoms with Crippen molar-refractivity contribution in [1.29, 1.82) is 0 Å². The number of hydrogen-bond acceptors (Lipinski definition) is 18. The van der Waals surface area contributed by atoms with Crippen molar-refractivity contribution in [1.82, 2.24) is 5.32 Å². The topological polar surface area (TPSA) is 307 Å². The molecular weight excluding hydrogens is 963 g/mol. The van der Waals surface area contributed by atoms with Crippen LogP contribution in [0, 0.1) is 0 Å². The molecule has 3 saturated heterocycles. The summed E-state index contributed by atoms with van der Waals surface area (Å²) in [7, 11) is 0. The predicted octanol–water partition coefficient (Wildman–Crippen LogP) is 2.86. The number of nitrogens with one attached hydrogen (secondary N) is 1. The average molecular weight is 1050 g/mol. The molecule has 0 radical (unpaired) electrons. The van der Waals surface area contributed by atoms with Gasteiger partial charge in [-0.15, -0.1) is 0 Å². The molecule has 0 aromatic carbocycles. The fourth-order valence-corrected chi connectivity index (χ4v) is 8.47. The molecule has 12 N–H and O–H groups in total. The van der Waals surface area contributed by atoms with Crippen LogP contribution in [0.2, 0.25) is 0 Å². The van der Waals surface area contributed by atoms with Gasteiger partial charge in [-0.2, -0.15) is 0 Å². The fraction of sp³-hybridized carbons (Fsp3) is 0.727. The van der Waals surface area contributed by atoms with Crippen LogP contribution in [0.3, 0.4) is 0 Å². The van der Waals surface area contributed by atoms with Crippen LogP contribution >= 0.6 is 0 Å². The van der Waals surface area contributed by atoms with Crippen LogP contribution in [0.25, 0.3) is 0 Å². The molecule has 0 spiro atoms. The van der Waals surface area contributed by atoms with E-state index in [4.69, 9.17) is 28.4 Å². The van der Waals surface area contributed by atoms with Gasteiger partial charge in [-0.1, -0.05) is 131 Å². The quantitative estimate of drug-likeness (QED) is 0.0317. The summed E-state index contributed by atoms with van der Waals surface area (Å²) in [5, 5.41) is 120. The highest BCUT2D eigenvalue weighted by atomic mass is 16.8. The van der Waals surface area contributed by atoms with Crippen molar-refractivity contribution in [3.05, 3.63) is 85.1 Å². The molecule has 3 aliphatic rings. The highest BCUT2D eigenvalue weighted by molar-refractivity contribution is 5.76. The Hall–Kier alpha value is -3.03. The van der Waals surface area contributed by atoms with E-state index in [1.54, 1.807) is 6.08 Å². The zero-order valence-corrected chi connectivity index (χ0v) is 43.5. The van der Waals surface area contributed by atoms with E-state index in [1.807, 2.05) is 18.2 Å². The van der Waals surface area contributed by atoms with Crippen molar-refractivity contribution in [2.75, 3.05) is 26.4 Å². The van der Waals surface area contributed by atoms with E-state index in [2.05, 4.69) is 79.9 Å². The second-order valence-electron chi connectivity index (χ2n) is 18.9. The lowest BCUT2D eigenvalue weighted by atomic mass is 9.96. The van der Waals surface area contributed by atoms with Crippen LogP contribution in [0.4, 0.5) is 0 Å². The molecule has 17 atom stereocenters. The Bertz CT molecular complexity index is 1690. The van der Waals surface area contributed by atoms with E-state index in [1.165, 1.54) is 32.1 Å². The Morgan fingerprint density at radius 3 is 1.51 bits per heavy atom. The summed E-state index contributed by atoms with van der Waals surface area (Å²) in [6.07, 6.45) is 17.3. The monoisotopic (exact) mass is 1050 g/mol. The number of amides is 1. The molecule has 424 valence electrons. The van der Waals surface area contributed by atoms with Gasteiger partial charge >= 0.3 is 0 Å². The molecular formula is C55H91NO18. The molecule has 0 bridgehead atoms. The first-order valence-corrected chi connectivity index (χ1v) is 26.8. The van der Waals surface area contributed by atoms with Crippen molar-refractivity contribution in [2.45, 2.75) is 227 Å². The maximum absolute atomic E-state index is 13.2. The van der Waals surface area contributed by atoms with Gasteiger partial charge in [-0.25, -0.2) is 0 Å². The Kier molecular flexibility index (Phi) is 34.0. The second kappa shape index (κ2) is 38.5. The Labute approximate surface area is 438 Å². The molecule has 0 aromatic heterocycles. The van der Waals surface area contributed by atoms with Crippen molar-refractivity contribution in [3.8, 4) is 0 Å². The molecule has 3 aliphatic heterocycles. The van der Waals surface area contributed by atoms with Gasteiger partial charge in [-0.3, -0.25) is 4.79 Å². The number of carbonyl (C=O) groups is 1. The summed E-state index contributed by atoms with van der Waals surface area (Å²) in [5.74, 6) is -0.349. The minimum Gasteiger partial charge on any atom is -0.394 e. The first-order valence-electron chi connectivity index (χ1n) is 26.8. The Morgan fingerprint density at radius 2 is 0.946 bits per heavy atom. The van der Waals surface area contributed by atoms with Gasteiger partial charge in [0, 0.05) is 6.42 Å². The average Bonchev–Trinajstić information content (AvgIpc) is 3.40. The minimum absolute atomic E-state index is 0.152. The van der Waals surface area contributed by atoms with E-state index >= 15 is 0 Å². The highest BCUT2D eigenvalue weighted by Crippen LogP contribution is 2.33. The number of rotatable bonds is 36. The molecule has 3 rings (SSSR count). The molecule has 0 aliphatic carbocycles. The number of allylic oxidation sites excluding steroid dienone is 13. The summed E-state index contributed by atoms with van der Waals surface area (Å²) < 4.78 is 34.1. The number of aliphatic hydroxyl groups is 11. The van der Waals surface area contributed by atoms with E-state index in [0.29, 0.717) is 19.3 Å². The normalized spacial score (nSPS) is 32.1. The zero-order chi connectivity index (χ0) is 54.1. The van der Waals surface area contributed by atoms with Crippen molar-refractivity contribution >= 4 is 5.91 Å². The first-order chi connectivity index (χ1) is 35.8.